The smallest absolute Gasteiger partial charge is 0.238 e. The molecule has 2 rings (SSSR count). The number of hydrogen-bond donors (Lipinski definition) is 2. The van der Waals surface area contributed by atoms with Gasteiger partial charge in [-0.05, 0) is 57.4 Å². The van der Waals surface area contributed by atoms with E-state index in [1.54, 1.807) is 6.07 Å². The molecule has 5 heteroatoms. The summed E-state index contributed by atoms with van der Waals surface area (Å²) in [5, 5.41) is 2.78. The van der Waals surface area contributed by atoms with Crippen LogP contribution in [-0.2, 0) is 4.79 Å². The van der Waals surface area contributed by atoms with E-state index in [2.05, 4.69) is 10.2 Å². The van der Waals surface area contributed by atoms with E-state index in [1.165, 1.54) is 12.1 Å². The first-order valence-electron chi connectivity index (χ1n) is 7.47. The number of amides is 1. The molecule has 1 aromatic carbocycles. The molecule has 0 unspecified atom stereocenters. The lowest BCUT2D eigenvalue weighted by atomic mass is 9.91. The molecule has 0 saturated heterocycles. The summed E-state index contributed by atoms with van der Waals surface area (Å²) in [5.41, 5.74) is 7.30. The van der Waals surface area contributed by atoms with E-state index >= 15 is 0 Å². The standard InChI is InChI=1S/C16H24FN3O/c1-11-3-4-12(17)9-15(11)19-16(21)10-20(2)14-7-5-13(18)6-8-14/h3-4,9,13-14H,5-8,10,18H2,1-2H3,(H,19,21). The van der Waals surface area contributed by atoms with E-state index in [-0.39, 0.29) is 11.7 Å². The summed E-state index contributed by atoms with van der Waals surface area (Å²) in [6.45, 7) is 2.16. The summed E-state index contributed by atoms with van der Waals surface area (Å²) in [5.74, 6) is -0.452. The minimum Gasteiger partial charge on any atom is -0.328 e. The fourth-order valence-corrected chi connectivity index (χ4v) is 2.82. The van der Waals surface area contributed by atoms with Crippen molar-refractivity contribution in [3.05, 3.63) is 29.6 Å². The number of nitrogens with two attached hydrogens (primary N) is 1. The third kappa shape index (κ3) is 4.51. The Morgan fingerprint density at radius 1 is 1.38 bits per heavy atom. The van der Waals surface area contributed by atoms with Crippen molar-refractivity contribution in [3.63, 3.8) is 0 Å². The van der Waals surface area contributed by atoms with E-state index in [0.29, 0.717) is 24.3 Å². The Morgan fingerprint density at radius 3 is 2.71 bits per heavy atom. The third-order valence-corrected chi connectivity index (χ3v) is 4.23. The summed E-state index contributed by atoms with van der Waals surface area (Å²) in [6, 6.07) is 5.12. The van der Waals surface area contributed by atoms with Crippen LogP contribution in [0.4, 0.5) is 10.1 Å². The largest absolute Gasteiger partial charge is 0.328 e. The van der Waals surface area contributed by atoms with Crippen LogP contribution in [-0.4, -0.2) is 36.5 Å². The Balaban J connectivity index is 1.88. The third-order valence-electron chi connectivity index (χ3n) is 4.23. The molecule has 1 aliphatic carbocycles. The number of halogens is 1. The van der Waals surface area contributed by atoms with Gasteiger partial charge in [0, 0.05) is 17.8 Å². The zero-order valence-electron chi connectivity index (χ0n) is 12.7. The molecule has 1 aliphatic rings. The maximum atomic E-state index is 13.2. The van der Waals surface area contributed by atoms with Crippen LogP contribution in [0.5, 0.6) is 0 Å². The number of carbonyl (C=O) groups is 1. The normalized spacial score (nSPS) is 22.3. The van der Waals surface area contributed by atoms with Gasteiger partial charge in [0.1, 0.15) is 5.82 Å². The highest BCUT2D eigenvalue weighted by molar-refractivity contribution is 5.92. The van der Waals surface area contributed by atoms with Gasteiger partial charge in [-0.1, -0.05) is 6.07 Å². The van der Waals surface area contributed by atoms with Crippen molar-refractivity contribution < 1.29 is 9.18 Å². The van der Waals surface area contributed by atoms with Gasteiger partial charge in [0.15, 0.2) is 0 Å². The summed E-state index contributed by atoms with van der Waals surface area (Å²) in [6.07, 6.45) is 4.09. The second-order valence-corrected chi connectivity index (χ2v) is 5.99. The quantitative estimate of drug-likeness (QED) is 0.895. The minimum absolute atomic E-state index is 0.110. The van der Waals surface area contributed by atoms with Crippen molar-refractivity contribution in [2.24, 2.45) is 5.73 Å². The molecule has 1 saturated carbocycles. The number of hydrogen-bond acceptors (Lipinski definition) is 3. The van der Waals surface area contributed by atoms with Crippen LogP contribution < -0.4 is 11.1 Å². The molecule has 0 spiro atoms. The minimum atomic E-state index is -0.342. The Bertz CT molecular complexity index is 498. The molecular weight excluding hydrogens is 269 g/mol. The number of benzene rings is 1. The molecule has 21 heavy (non-hydrogen) atoms. The van der Waals surface area contributed by atoms with E-state index in [9.17, 15) is 9.18 Å². The molecule has 0 bridgehead atoms. The summed E-state index contributed by atoms with van der Waals surface area (Å²) in [4.78, 5) is 14.2. The first-order valence-corrected chi connectivity index (χ1v) is 7.47. The van der Waals surface area contributed by atoms with Crippen molar-refractivity contribution in [1.82, 2.24) is 4.90 Å². The van der Waals surface area contributed by atoms with Crippen LogP contribution in [0, 0.1) is 12.7 Å². The maximum Gasteiger partial charge on any atom is 0.238 e. The number of aryl methyl sites for hydroxylation is 1. The molecule has 1 fully saturated rings. The number of nitrogens with zero attached hydrogens (tertiary/aromatic N) is 1. The van der Waals surface area contributed by atoms with Gasteiger partial charge in [-0.25, -0.2) is 4.39 Å². The van der Waals surface area contributed by atoms with Crippen LogP contribution in [0.3, 0.4) is 0 Å². The lowest BCUT2D eigenvalue weighted by Crippen LogP contribution is -2.42. The van der Waals surface area contributed by atoms with Gasteiger partial charge in [-0.2, -0.15) is 0 Å². The lowest BCUT2D eigenvalue weighted by molar-refractivity contribution is -0.117. The predicted octanol–water partition coefficient (Wildman–Crippen LogP) is 2.27. The summed E-state index contributed by atoms with van der Waals surface area (Å²) < 4.78 is 13.2. The van der Waals surface area contributed by atoms with Crippen LogP contribution in [0.15, 0.2) is 18.2 Å². The van der Waals surface area contributed by atoms with E-state index in [1.807, 2.05) is 14.0 Å². The predicted molar refractivity (Wildman–Crippen MR) is 82.6 cm³/mol. The highest BCUT2D eigenvalue weighted by Crippen LogP contribution is 2.21. The molecule has 1 amide bonds. The highest BCUT2D eigenvalue weighted by atomic mass is 19.1. The van der Waals surface area contributed by atoms with Gasteiger partial charge in [-0.3, -0.25) is 9.69 Å². The van der Waals surface area contributed by atoms with Gasteiger partial charge in [0.05, 0.1) is 6.54 Å². The number of nitrogens with one attached hydrogen (secondary N) is 1. The van der Waals surface area contributed by atoms with Gasteiger partial charge >= 0.3 is 0 Å². The first-order chi connectivity index (χ1) is 9.95. The number of rotatable bonds is 4. The average molecular weight is 293 g/mol. The number of anilines is 1. The van der Waals surface area contributed by atoms with Gasteiger partial charge in [0.25, 0.3) is 0 Å². The van der Waals surface area contributed by atoms with Gasteiger partial charge < -0.3 is 11.1 Å². The van der Waals surface area contributed by atoms with Crippen LogP contribution in [0.25, 0.3) is 0 Å². The van der Waals surface area contributed by atoms with Crippen molar-refractivity contribution in [1.29, 1.82) is 0 Å². The Labute approximate surface area is 125 Å². The SMILES string of the molecule is Cc1ccc(F)cc1NC(=O)CN(C)C1CCC(N)CC1. The lowest BCUT2D eigenvalue weighted by Gasteiger charge is -2.33. The van der Waals surface area contributed by atoms with Gasteiger partial charge in [-0.15, -0.1) is 0 Å². The number of likely N-dealkylation sites (N-methyl/N-ethyl adjacent to an activating group) is 1. The van der Waals surface area contributed by atoms with E-state index in [0.717, 1.165) is 31.2 Å². The van der Waals surface area contributed by atoms with Gasteiger partial charge in [0.2, 0.25) is 5.91 Å². The molecule has 0 radical (unpaired) electrons. The molecule has 116 valence electrons. The molecule has 0 aromatic heterocycles. The fourth-order valence-electron chi connectivity index (χ4n) is 2.82. The van der Waals surface area contributed by atoms with E-state index < -0.39 is 0 Å². The summed E-state index contributed by atoms with van der Waals surface area (Å²) >= 11 is 0. The Hall–Kier alpha value is -1.46. The topological polar surface area (TPSA) is 58.4 Å². The Kier molecular flexibility index (Phi) is 5.31. The van der Waals surface area contributed by atoms with E-state index in [4.69, 9.17) is 5.73 Å². The molecular formula is C16H24FN3O. The van der Waals surface area contributed by atoms with Crippen molar-refractivity contribution in [2.75, 3.05) is 18.9 Å². The maximum absolute atomic E-state index is 13.2. The summed E-state index contributed by atoms with van der Waals surface area (Å²) in [7, 11) is 1.96. The highest BCUT2D eigenvalue weighted by Gasteiger charge is 2.23. The van der Waals surface area contributed by atoms with Crippen molar-refractivity contribution in [3.8, 4) is 0 Å². The molecule has 0 atom stereocenters. The molecule has 4 nitrogen and oxygen atoms in total. The molecule has 3 N–H and O–H groups in total. The zero-order valence-corrected chi connectivity index (χ0v) is 12.7. The second kappa shape index (κ2) is 7.00. The molecule has 1 aromatic rings. The van der Waals surface area contributed by atoms with Crippen molar-refractivity contribution >= 4 is 11.6 Å². The monoisotopic (exact) mass is 293 g/mol. The van der Waals surface area contributed by atoms with Crippen LogP contribution >= 0.6 is 0 Å². The van der Waals surface area contributed by atoms with Crippen molar-refractivity contribution in [2.45, 2.75) is 44.7 Å². The molecule has 0 aliphatic heterocycles. The first kappa shape index (κ1) is 15.9. The van der Waals surface area contributed by atoms with Crippen LogP contribution in [0.2, 0.25) is 0 Å². The zero-order chi connectivity index (χ0) is 15.4. The average Bonchev–Trinajstić information content (AvgIpc) is 2.43. The van der Waals surface area contributed by atoms with Crippen LogP contribution in [0.1, 0.15) is 31.2 Å². The Morgan fingerprint density at radius 2 is 2.05 bits per heavy atom. The second-order valence-electron chi connectivity index (χ2n) is 5.99. The fraction of sp³-hybridized carbons (Fsp3) is 0.562. The number of carbonyl (C=O) groups excluding carboxylic acids is 1. The molecule has 0 heterocycles.